The molecule has 1 amide bonds. The van der Waals surface area contributed by atoms with Crippen molar-refractivity contribution in [1.82, 2.24) is 29.4 Å². The fraction of sp³-hybridized carbons (Fsp3) is 0.603. The number of carbonyl (C=O) groups is 1. The van der Waals surface area contributed by atoms with Crippen molar-refractivity contribution >= 4 is 28.7 Å². The molecule has 15 nitrogen and oxygen atoms in total. The molecule has 6 aliphatic rings. The Morgan fingerprint density at radius 2 is 0.782 bits per heavy atom. The number of anilines is 4. The van der Waals surface area contributed by atoms with Crippen molar-refractivity contribution < 1.29 is 24.1 Å². The molecule has 4 aromatic carbocycles. The van der Waals surface area contributed by atoms with E-state index in [4.69, 9.17) is 19.3 Å². The smallest absolute Gasteiger partial charge is 0.248 e. The van der Waals surface area contributed by atoms with Gasteiger partial charge >= 0.3 is 0 Å². The number of piperazine rings is 4. The summed E-state index contributed by atoms with van der Waals surface area (Å²) in [4.78, 5) is 35.5. The molecule has 0 unspecified atom stereocenters. The number of benzene rings is 4. The zero-order chi connectivity index (χ0) is 55.6. The summed E-state index contributed by atoms with van der Waals surface area (Å²) in [6.45, 7) is 32.7. The van der Waals surface area contributed by atoms with Gasteiger partial charge in [0.05, 0.1) is 20.8 Å². The van der Waals surface area contributed by atoms with Crippen LogP contribution in [0, 0.1) is 27.7 Å². The van der Waals surface area contributed by atoms with Crippen molar-refractivity contribution in [1.29, 1.82) is 0 Å². The van der Waals surface area contributed by atoms with E-state index in [0.29, 0.717) is 13.1 Å². The second-order valence-corrected chi connectivity index (χ2v) is 22.5. The van der Waals surface area contributed by atoms with Crippen LogP contribution in [-0.4, -0.2) is 232 Å². The van der Waals surface area contributed by atoms with Crippen LogP contribution in [0.5, 0.6) is 17.2 Å². The first kappa shape index (κ1) is 60.4. The van der Waals surface area contributed by atoms with Gasteiger partial charge in [-0.3, -0.25) is 14.6 Å². The maximum Gasteiger partial charge on any atom is 0.248 e. The summed E-state index contributed by atoms with van der Waals surface area (Å²) >= 11 is 0. The first-order chi connectivity index (χ1) is 37.7. The number of nitrogens with zero attached hydrogens (tertiary/aromatic N) is 10. The van der Waals surface area contributed by atoms with Crippen LogP contribution in [0.25, 0.3) is 0 Å². The van der Waals surface area contributed by atoms with Gasteiger partial charge in [0, 0.05) is 184 Å². The quantitative estimate of drug-likeness (QED) is 0.164. The number of piperidine rings is 2. The van der Waals surface area contributed by atoms with E-state index in [-0.39, 0.29) is 5.91 Å². The Morgan fingerprint density at radius 1 is 0.449 bits per heavy atom. The molecule has 0 aliphatic carbocycles. The predicted octanol–water partition coefficient (Wildman–Crippen LogP) is 7.22. The molecular formula is C63H98N10O5. The SMILES string of the molecule is CCOc1cc(N2CCN(C)CC2)ccc1C.COc1cc(N2CCC(N3CCN(C)CC3)CC2)ccc1C.COc1cc(N2CCN(C(=O)CO)CC2)ccc1C.Cc1ccc(N2CCC(N3CCN(C)CC3)CC2)cc1. The molecule has 0 saturated carbocycles. The highest BCUT2D eigenvalue weighted by molar-refractivity contribution is 5.77. The van der Waals surface area contributed by atoms with Gasteiger partial charge in [0.2, 0.25) is 5.91 Å². The molecule has 10 rings (SSSR count). The van der Waals surface area contributed by atoms with Crippen molar-refractivity contribution in [3.63, 3.8) is 0 Å². The van der Waals surface area contributed by atoms with E-state index < -0.39 is 6.61 Å². The number of rotatable bonds is 11. The number of aliphatic hydroxyl groups excluding tert-OH is 1. The molecule has 6 fully saturated rings. The first-order valence-corrected chi connectivity index (χ1v) is 29.3. The number of carbonyl (C=O) groups excluding carboxylic acids is 1. The Hall–Kier alpha value is -5.29. The molecule has 6 aliphatic heterocycles. The number of hydrogen-bond acceptors (Lipinski definition) is 14. The third kappa shape index (κ3) is 17.4. The van der Waals surface area contributed by atoms with Gasteiger partial charge in [-0.15, -0.1) is 0 Å². The monoisotopic (exact) mass is 1070 g/mol. The first-order valence-electron chi connectivity index (χ1n) is 29.3. The number of likely N-dealkylation sites (N-methyl/N-ethyl adjacent to an activating group) is 3. The fourth-order valence-corrected chi connectivity index (χ4v) is 11.6. The Labute approximate surface area is 470 Å². The lowest BCUT2D eigenvalue weighted by Gasteiger charge is -2.42. The van der Waals surface area contributed by atoms with Gasteiger partial charge < -0.3 is 58.5 Å². The summed E-state index contributed by atoms with van der Waals surface area (Å²) in [6, 6.07) is 29.8. The summed E-state index contributed by atoms with van der Waals surface area (Å²) in [7, 11) is 10.1. The molecule has 0 radical (unpaired) electrons. The van der Waals surface area contributed by atoms with Crippen molar-refractivity contribution in [2.24, 2.45) is 0 Å². The maximum absolute atomic E-state index is 11.4. The summed E-state index contributed by atoms with van der Waals surface area (Å²) in [5.74, 6) is 2.70. The van der Waals surface area contributed by atoms with Crippen LogP contribution in [0.1, 0.15) is 54.9 Å². The van der Waals surface area contributed by atoms with Crippen molar-refractivity contribution in [2.75, 3.05) is 199 Å². The minimum Gasteiger partial charge on any atom is -0.496 e. The number of aryl methyl sites for hydroxylation is 4. The minimum absolute atomic E-state index is 0.193. The van der Waals surface area contributed by atoms with E-state index in [1.165, 1.54) is 125 Å². The molecule has 1 N–H and O–H groups in total. The minimum atomic E-state index is -0.404. The van der Waals surface area contributed by atoms with Crippen LogP contribution in [0.2, 0.25) is 0 Å². The average molecular weight is 1080 g/mol. The zero-order valence-corrected chi connectivity index (χ0v) is 49.6. The Kier molecular flexibility index (Phi) is 23.5. The van der Waals surface area contributed by atoms with Crippen molar-refractivity contribution in [3.05, 3.63) is 101 Å². The van der Waals surface area contributed by atoms with E-state index in [1.54, 1.807) is 19.1 Å². The lowest BCUT2D eigenvalue weighted by molar-refractivity contribution is -0.134. The molecule has 0 atom stereocenters. The number of methoxy groups -OCH3 is 2. The standard InChI is InChI=1S/C18H29N3O.C17H27N3.C14H20N2O3.C14H22N2O/c1-15-4-5-17(14-18(15)22-3)20-8-6-16(7-9-20)21-12-10-19(2)11-13-21;1-15-3-5-16(6-4-15)19-9-7-17(8-10-19)20-13-11-18(2)12-14-20;1-11-3-4-12(9-13(11)19-2)15-5-7-16(8-6-15)14(18)10-17;1-4-17-14-11-13(6-5-12(14)2)16-9-7-15(3)8-10-16/h4-5,14,16H,6-13H2,1-3H3;3-6,17H,7-14H2,1-2H3;3-4,9,17H,5-8,10H2,1-2H3;5-6,11H,4,7-10H2,1-3H3. The number of ether oxygens (including phenoxy) is 3. The molecule has 0 aromatic heterocycles. The average Bonchev–Trinajstić information content (AvgIpc) is 3.48. The molecule has 6 saturated heterocycles. The van der Waals surface area contributed by atoms with Gasteiger partial charge in [0.1, 0.15) is 23.9 Å². The summed E-state index contributed by atoms with van der Waals surface area (Å²) in [5, 5.41) is 8.85. The lowest BCUT2D eigenvalue weighted by atomic mass is 10.0. The molecule has 6 heterocycles. The van der Waals surface area contributed by atoms with E-state index in [2.05, 4.69) is 153 Å². The third-order valence-electron chi connectivity index (χ3n) is 17.1. The third-order valence-corrected chi connectivity index (χ3v) is 17.1. The Balaban J connectivity index is 0.000000151. The van der Waals surface area contributed by atoms with Crippen molar-refractivity contribution in [2.45, 2.75) is 72.4 Å². The van der Waals surface area contributed by atoms with Gasteiger partial charge in [0.25, 0.3) is 0 Å². The molecule has 0 bridgehead atoms. The molecule has 4 aromatic rings. The highest BCUT2D eigenvalue weighted by Gasteiger charge is 2.29. The second kappa shape index (κ2) is 30.3. The number of amides is 1. The maximum atomic E-state index is 11.4. The van der Waals surface area contributed by atoms with Gasteiger partial charge in [-0.1, -0.05) is 35.9 Å². The normalized spacial score (nSPS) is 19.7. The summed E-state index contributed by atoms with van der Waals surface area (Å²) < 4.78 is 16.4. The fourth-order valence-electron chi connectivity index (χ4n) is 11.6. The van der Waals surface area contributed by atoms with Crippen LogP contribution in [0.15, 0.2) is 78.9 Å². The summed E-state index contributed by atoms with van der Waals surface area (Å²) in [6.07, 6.45) is 5.19. The molecular weight excluding hydrogens is 977 g/mol. The highest BCUT2D eigenvalue weighted by atomic mass is 16.5. The van der Waals surface area contributed by atoms with Gasteiger partial charge in [-0.05, 0) is 128 Å². The van der Waals surface area contributed by atoms with E-state index in [0.717, 1.165) is 99.5 Å². The molecule has 0 spiro atoms. The lowest BCUT2D eigenvalue weighted by Crippen LogP contribution is -2.52. The topological polar surface area (TPSA) is 97.4 Å². The number of aliphatic hydroxyl groups is 1. The molecule has 430 valence electrons. The Bertz CT molecular complexity index is 2400. The van der Waals surface area contributed by atoms with Gasteiger partial charge in [0.15, 0.2) is 0 Å². The molecule has 78 heavy (non-hydrogen) atoms. The van der Waals surface area contributed by atoms with Crippen LogP contribution in [0.3, 0.4) is 0 Å². The predicted molar refractivity (Wildman–Crippen MR) is 323 cm³/mol. The van der Waals surface area contributed by atoms with E-state index in [9.17, 15) is 4.79 Å². The number of hydrogen-bond donors (Lipinski definition) is 1. The van der Waals surface area contributed by atoms with E-state index in [1.807, 2.05) is 26.0 Å². The second-order valence-electron chi connectivity index (χ2n) is 22.5. The van der Waals surface area contributed by atoms with Gasteiger partial charge in [-0.2, -0.15) is 0 Å². The van der Waals surface area contributed by atoms with Crippen LogP contribution in [-0.2, 0) is 4.79 Å². The zero-order valence-electron chi connectivity index (χ0n) is 49.6. The van der Waals surface area contributed by atoms with Crippen LogP contribution in [0.4, 0.5) is 22.7 Å². The van der Waals surface area contributed by atoms with Crippen LogP contribution >= 0.6 is 0 Å². The highest BCUT2D eigenvalue weighted by Crippen LogP contribution is 2.30. The largest absolute Gasteiger partial charge is 0.496 e. The van der Waals surface area contributed by atoms with E-state index >= 15 is 0 Å². The van der Waals surface area contributed by atoms with Gasteiger partial charge in [-0.25, -0.2) is 0 Å². The Morgan fingerprint density at radius 3 is 1.17 bits per heavy atom. The van der Waals surface area contributed by atoms with Crippen LogP contribution < -0.4 is 33.8 Å². The molecule has 15 heteroatoms. The summed E-state index contributed by atoms with van der Waals surface area (Å²) in [5.41, 5.74) is 9.97. The van der Waals surface area contributed by atoms with Crippen molar-refractivity contribution in [3.8, 4) is 17.2 Å².